The van der Waals surface area contributed by atoms with Crippen LogP contribution in [0.1, 0.15) is 35.1 Å². The van der Waals surface area contributed by atoms with Crippen molar-refractivity contribution < 1.29 is 9.47 Å². The van der Waals surface area contributed by atoms with E-state index in [0.29, 0.717) is 12.0 Å². The fourth-order valence-electron chi connectivity index (χ4n) is 5.00. The molecule has 186 valence electrons. The first-order valence-corrected chi connectivity index (χ1v) is 12.2. The van der Waals surface area contributed by atoms with Crippen molar-refractivity contribution in [3.8, 4) is 6.07 Å². The second-order valence-electron chi connectivity index (χ2n) is 9.21. The average Bonchev–Trinajstić information content (AvgIpc) is 3.37. The number of aromatic amines is 1. The van der Waals surface area contributed by atoms with Crippen LogP contribution in [-0.4, -0.2) is 22.3 Å². The summed E-state index contributed by atoms with van der Waals surface area (Å²) in [7, 11) is 0. The van der Waals surface area contributed by atoms with Crippen LogP contribution in [0.15, 0.2) is 107 Å². The van der Waals surface area contributed by atoms with Crippen molar-refractivity contribution in [1.29, 1.82) is 5.26 Å². The molecule has 2 atom stereocenters. The van der Waals surface area contributed by atoms with E-state index < -0.39 is 28.7 Å². The maximum atomic E-state index is 12.6. The number of nitrogens with one attached hydrogen (secondary N) is 1. The van der Waals surface area contributed by atoms with Gasteiger partial charge in [-0.05, 0) is 30.0 Å². The Bertz CT molecular complexity index is 1430. The van der Waals surface area contributed by atoms with Gasteiger partial charge in [-0.15, -0.1) is 0 Å². The van der Waals surface area contributed by atoms with E-state index in [0.717, 1.165) is 16.7 Å². The molecule has 1 fully saturated rings. The lowest BCUT2D eigenvalue weighted by Crippen LogP contribution is -2.44. The van der Waals surface area contributed by atoms with Gasteiger partial charge in [0.25, 0.3) is 5.56 Å². The zero-order valence-corrected chi connectivity index (χ0v) is 20.5. The van der Waals surface area contributed by atoms with E-state index in [1.807, 2.05) is 91.0 Å². The van der Waals surface area contributed by atoms with E-state index in [2.05, 4.69) is 11.1 Å². The van der Waals surface area contributed by atoms with Crippen molar-refractivity contribution in [2.75, 3.05) is 6.61 Å². The Kier molecular flexibility index (Phi) is 6.62. The van der Waals surface area contributed by atoms with Gasteiger partial charge in [-0.2, -0.15) is 5.26 Å². The largest absolute Gasteiger partial charge is 0.358 e. The van der Waals surface area contributed by atoms with E-state index in [-0.39, 0.29) is 13.0 Å². The number of aryl methyl sites for hydroxylation is 1. The molecule has 37 heavy (non-hydrogen) atoms. The van der Waals surface area contributed by atoms with E-state index in [1.54, 1.807) is 6.92 Å². The Morgan fingerprint density at radius 3 is 1.97 bits per heavy atom. The van der Waals surface area contributed by atoms with Gasteiger partial charge in [0.2, 0.25) is 5.72 Å². The number of hydrogen-bond donors (Lipinski definition) is 1. The number of benzene rings is 3. The highest BCUT2D eigenvalue weighted by atomic mass is 16.6. The molecule has 0 saturated carbocycles. The lowest BCUT2D eigenvalue weighted by Gasteiger charge is -2.37. The molecule has 1 aliphatic heterocycles. The summed E-state index contributed by atoms with van der Waals surface area (Å²) in [5.74, 6) is 0. The number of aromatic nitrogens is 2. The van der Waals surface area contributed by atoms with E-state index in [9.17, 15) is 14.9 Å². The van der Waals surface area contributed by atoms with Crippen molar-refractivity contribution in [1.82, 2.24) is 9.55 Å². The van der Waals surface area contributed by atoms with Crippen LogP contribution in [0.25, 0.3) is 0 Å². The van der Waals surface area contributed by atoms with Gasteiger partial charge in [-0.25, -0.2) is 4.79 Å². The lowest BCUT2D eigenvalue weighted by atomic mass is 9.80. The molecule has 0 aliphatic carbocycles. The number of nitrogens with zero attached hydrogens (tertiary/aromatic N) is 2. The normalized spacial score (nSPS) is 19.4. The van der Waals surface area contributed by atoms with Crippen LogP contribution >= 0.6 is 0 Å². The maximum absolute atomic E-state index is 12.6. The van der Waals surface area contributed by atoms with Gasteiger partial charge >= 0.3 is 5.69 Å². The molecule has 2 heterocycles. The van der Waals surface area contributed by atoms with Gasteiger partial charge in [0, 0.05) is 18.2 Å². The van der Waals surface area contributed by atoms with Crippen LogP contribution in [0.4, 0.5) is 0 Å². The maximum Gasteiger partial charge on any atom is 0.331 e. The van der Waals surface area contributed by atoms with Gasteiger partial charge in [0.1, 0.15) is 11.7 Å². The second-order valence-corrected chi connectivity index (χ2v) is 9.21. The highest BCUT2D eigenvalue weighted by Crippen LogP contribution is 2.42. The zero-order valence-electron chi connectivity index (χ0n) is 20.5. The smallest absolute Gasteiger partial charge is 0.331 e. The number of hydrogen-bond acceptors (Lipinski definition) is 5. The summed E-state index contributed by atoms with van der Waals surface area (Å²) in [6, 6.07) is 32.2. The minimum atomic E-state index is -1.52. The topological polar surface area (TPSA) is 97.1 Å². The predicted molar refractivity (Wildman–Crippen MR) is 139 cm³/mol. The molecule has 0 amide bonds. The third-order valence-electron chi connectivity index (χ3n) is 6.88. The third-order valence-corrected chi connectivity index (χ3v) is 6.88. The first-order valence-electron chi connectivity index (χ1n) is 12.2. The predicted octanol–water partition coefficient (Wildman–Crippen LogP) is 4.21. The summed E-state index contributed by atoms with van der Waals surface area (Å²) >= 11 is 0. The highest BCUT2D eigenvalue weighted by Gasteiger charge is 2.45. The molecule has 7 heteroatoms. The van der Waals surface area contributed by atoms with Gasteiger partial charge in [0.15, 0.2) is 0 Å². The lowest BCUT2D eigenvalue weighted by molar-refractivity contribution is -0.106. The quantitative estimate of drug-likeness (QED) is 0.389. The van der Waals surface area contributed by atoms with E-state index in [1.165, 1.54) is 10.8 Å². The SMILES string of the molecule is Cc1cn([C@@]2(C#N)CC[C@@H](COC(c3ccccc3)(c3ccccc3)c3ccccc3)O2)c(=O)[nH]c1=O. The fourth-order valence-corrected chi connectivity index (χ4v) is 5.00. The molecule has 0 radical (unpaired) electrons. The number of nitriles is 1. The van der Waals surface area contributed by atoms with Crippen LogP contribution < -0.4 is 11.2 Å². The Morgan fingerprint density at radius 2 is 1.49 bits per heavy atom. The Labute approximate surface area is 214 Å². The van der Waals surface area contributed by atoms with Gasteiger partial charge in [-0.1, -0.05) is 91.0 Å². The van der Waals surface area contributed by atoms with E-state index in [4.69, 9.17) is 9.47 Å². The van der Waals surface area contributed by atoms with Gasteiger partial charge < -0.3 is 9.47 Å². The number of H-pyrrole nitrogens is 1. The molecule has 0 spiro atoms. The molecule has 1 saturated heterocycles. The Balaban J connectivity index is 1.52. The molecule has 5 rings (SSSR count). The average molecular weight is 494 g/mol. The number of rotatable bonds is 7. The molecule has 1 aromatic heterocycles. The van der Waals surface area contributed by atoms with Gasteiger partial charge in [0.05, 0.1) is 12.7 Å². The van der Waals surface area contributed by atoms with Crippen LogP contribution in [0.2, 0.25) is 0 Å². The third kappa shape index (κ3) is 4.42. The first kappa shape index (κ1) is 24.4. The first-order chi connectivity index (χ1) is 18.0. The molecule has 3 aromatic carbocycles. The van der Waals surface area contributed by atoms with Gasteiger partial charge in [-0.3, -0.25) is 14.3 Å². The van der Waals surface area contributed by atoms with Crippen molar-refractivity contribution in [2.24, 2.45) is 0 Å². The minimum absolute atomic E-state index is 0.180. The Hall–Kier alpha value is -4.25. The minimum Gasteiger partial charge on any atom is -0.358 e. The molecule has 0 bridgehead atoms. The van der Waals surface area contributed by atoms with Crippen LogP contribution in [0.3, 0.4) is 0 Å². The summed E-state index contributed by atoms with van der Waals surface area (Å²) in [6.07, 6.45) is 1.73. The van der Waals surface area contributed by atoms with Crippen molar-refractivity contribution in [3.63, 3.8) is 0 Å². The molecule has 4 aromatic rings. The molecule has 1 N–H and O–H groups in total. The molecule has 0 unspecified atom stereocenters. The highest BCUT2D eigenvalue weighted by molar-refractivity contribution is 5.47. The zero-order chi connectivity index (χ0) is 25.9. The van der Waals surface area contributed by atoms with Crippen molar-refractivity contribution >= 4 is 0 Å². The summed E-state index contributed by atoms with van der Waals surface area (Å²) in [5, 5.41) is 10.1. The fraction of sp³-hybridized carbons (Fsp3) is 0.233. The summed E-state index contributed by atoms with van der Waals surface area (Å²) in [6.45, 7) is 1.77. The van der Waals surface area contributed by atoms with Crippen LogP contribution in [-0.2, 0) is 20.8 Å². The molecular formula is C30H27N3O4. The summed E-state index contributed by atoms with van der Waals surface area (Å²) < 4.78 is 14.2. The molecular weight excluding hydrogens is 466 g/mol. The Morgan fingerprint density at radius 1 is 0.973 bits per heavy atom. The van der Waals surface area contributed by atoms with Crippen LogP contribution in [0.5, 0.6) is 0 Å². The molecule has 7 nitrogen and oxygen atoms in total. The summed E-state index contributed by atoms with van der Waals surface area (Å²) in [4.78, 5) is 26.7. The number of ether oxygens (including phenoxy) is 2. The molecule has 1 aliphatic rings. The standard InChI is InChI=1S/C30H27N3O4/c1-22-19-33(28(35)32-27(22)34)29(21-31)18-17-26(37-29)20-36-30(23-11-5-2-6-12-23,24-13-7-3-8-14-24)25-15-9-4-10-16-25/h2-16,19,26H,17-18,20H2,1H3,(H,32,34,35)/t26-,29-/m0/s1. The van der Waals surface area contributed by atoms with Crippen LogP contribution in [0, 0.1) is 18.3 Å². The van der Waals surface area contributed by atoms with Crippen molar-refractivity contribution in [2.45, 2.75) is 37.2 Å². The monoisotopic (exact) mass is 493 g/mol. The second kappa shape index (κ2) is 10.0. The summed E-state index contributed by atoms with van der Waals surface area (Å²) in [5.41, 5.74) is -0.380. The van der Waals surface area contributed by atoms with Crippen molar-refractivity contribution in [3.05, 3.63) is 140 Å². The van der Waals surface area contributed by atoms with E-state index >= 15 is 0 Å².